The Morgan fingerprint density at radius 3 is 2.66 bits per heavy atom. The van der Waals surface area contributed by atoms with Crippen molar-refractivity contribution in [1.82, 2.24) is 15.5 Å². The maximum Gasteiger partial charge on any atom is 0.322 e. The zero-order chi connectivity index (χ0) is 21.0. The molecular weight excluding hydrogens is 370 g/mol. The number of likely N-dealkylation sites (N-methyl/N-ethyl adjacent to an activating group) is 1. The molecule has 3 amide bonds. The number of imide groups is 1. The predicted molar refractivity (Wildman–Crippen MR) is 109 cm³/mol. The number of nitrogens with one attached hydrogen (secondary N) is 2. The number of hydrogen-bond acceptors (Lipinski definition) is 5. The topological polar surface area (TPSA) is 90.9 Å². The molecule has 2 heterocycles. The SMILES string of the molecule is CCN1CCC2(c3cc(OC)ccc3C)CC3(CCC2(O)C1C)NC(=O)NC3=O. The van der Waals surface area contributed by atoms with Crippen LogP contribution < -0.4 is 15.4 Å². The molecule has 1 aromatic rings. The van der Waals surface area contributed by atoms with Crippen molar-refractivity contribution in [3.8, 4) is 5.75 Å². The molecule has 0 radical (unpaired) electrons. The first kappa shape index (κ1) is 20.2. The zero-order valence-corrected chi connectivity index (χ0v) is 17.7. The second-order valence-electron chi connectivity index (χ2n) is 8.91. The Bertz CT molecular complexity index is 858. The predicted octanol–water partition coefficient (Wildman–Crippen LogP) is 1.85. The Kier molecular flexibility index (Phi) is 4.66. The number of aryl methyl sites for hydroxylation is 1. The van der Waals surface area contributed by atoms with E-state index in [1.807, 2.05) is 25.1 Å². The number of likely N-dealkylation sites (tertiary alicyclic amines) is 1. The van der Waals surface area contributed by atoms with Gasteiger partial charge in [-0.05, 0) is 75.9 Å². The van der Waals surface area contributed by atoms with Gasteiger partial charge >= 0.3 is 6.03 Å². The summed E-state index contributed by atoms with van der Waals surface area (Å²) in [5.74, 6) is 0.447. The normalized spacial score (nSPS) is 37.2. The highest BCUT2D eigenvalue weighted by molar-refractivity contribution is 6.07. The second kappa shape index (κ2) is 6.71. The van der Waals surface area contributed by atoms with Crippen molar-refractivity contribution in [3.05, 3.63) is 29.3 Å². The molecule has 3 N–H and O–H groups in total. The average Bonchev–Trinajstić information content (AvgIpc) is 2.97. The standard InChI is InChI=1S/C22H31N3O4/c1-5-25-11-10-20(17-12-16(29-4)7-6-14(17)2)13-21(18(26)23-19(27)24-21)8-9-22(20,28)15(25)3/h6-7,12,15,28H,5,8-11,13H2,1-4H3,(H2,23,24,26,27). The van der Waals surface area contributed by atoms with Crippen LogP contribution in [0.2, 0.25) is 0 Å². The van der Waals surface area contributed by atoms with Crippen LogP contribution in [0.4, 0.5) is 4.79 Å². The van der Waals surface area contributed by atoms with E-state index in [-0.39, 0.29) is 11.9 Å². The summed E-state index contributed by atoms with van der Waals surface area (Å²) in [6, 6.07) is 5.42. The van der Waals surface area contributed by atoms with Gasteiger partial charge in [0.15, 0.2) is 0 Å². The van der Waals surface area contributed by atoms with Gasteiger partial charge in [0.2, 0.25) is 0 Å². The number of benzene rings is 1. The van der Waals surface area contributed by atoms with Gasteiger partial charge in [-0.1, -0.05) is 13.0 Å². The van der Waals surface area contributed by atoms with Gasteiger partial charge in [0.05, 0.1) is 12.7 Å². The van der Waals surface area contributed by atoms with Crippen LogP contribution in [0.1, 0.15) is 50.7 Å². The van der Waals surface area contributed by atoms with Crippen LogP contribution in [0.5, 0.6) is 5.75 Å². The third-order valence-electron chi connectivity index (χ3n) is 7.81. The lowest BCUT2D eigenvalue weighted by Gasteiger charge is -2.62. The molecule has 1 aliphatic carbocycles. The number of hydrogen-bond donors (Lipinski definition) is 3. The minimum Gasteiger partial charge on any atom is -0.497 e. The van der Waals surface area contributed by atoms with Crippen LogP contribution in [0.15, 0.2) is 18.2 Å². The highest BCUT2D eigenvalue weighted by Crippen LogP contribution is 2.57. The van der Waals surface area contributed by atoms with Crippen LogP contribution in [0.3, 0.4) is 0 Å². The molecule has 7 heteroatoms. The Morgan fingerprint density at radius 2 is 2.03 bits per heavy atom. The smallest absolute Gasteiger partial charge is 0.322 e. The van der Waals surface area contributed by atoms with E-state index >= 15 is 0 Å². The number of amides is 3. The van der Waals surface area contributed by atoms with Crippen molar-refractivity contribution in [2.75, 3.05) is 20.2 Å². The summed E-state index contributed by atoms with van der Waals surface area (Å²) in [6.45, 7) is 7.91. The molecule has 4 atom stereocenters. The van der Waals surface area contributed by atoms with Crippen LogP contribution in [0.25, 0.3) is 0 Å². The minimum atomic E-state index is -1.02. The van der Waals surface area contributed by atoms with Crippen molar-refractivity contribution < 1.29 is 19.4 Å². The molecular formula is C22H31N3O4. The molecule has 7 nitrogen and oxygen atoms in total. The zero-order valence-electron chi connectivity index (χ0n) is 17.7. The first-order chi connectivity index (χ1) is 13.7. The Balaban J connectivity index is 1.90. The molecule has 3 aliphatic rings. The van der Waals surface area contributed by atoms with E-state index < -0.39 is 22.6 Å². The molecule has 2 saturated heterocycles. The van der Waals surface area contributed by atoms with Gasteiger partial charge in [-0.3, -0.25) is 15.0 Å². The van der Waals surface area contributed by atoms with Gasteiger partial charge in [-0.2, -0.15) is 0 Å². The van der Waals surface area contributed by atoms with Gasteiger partial charge < -0.3 is 15.2 Å². The number of nitrogens with zero attached hydrogens (tertiary/aromatic N) is 1. The van der Waals surface area contributed by atoms with Crippen molar-refractivity contribution >= 4 is 11.9 Å². The largest absolute Gasteiger partial charge is 0.497 e. The van der Waals surface area contributed by atoms with Crippen LogP contribution in [-0.4, -0.2) is 59.3 Å². The van der Waals surface area contributed by atoms with E-state index in [4.69, 9.17) is 4.74 Å². The Morgan fingerprint density at radius 1 is 1.28 bits per heavy atom. The summed E-state index contributed by atoms with van der Waals surface area (Å²) in [5, 5.41) is 17.5. The maximum atomic E-state index is 12.8. The molecule has 0 aromatic heterocycles. The summed E-state index contributed by atoms with van der Waals surface area (Å²) < 4.78 is 5.49. The number of urea groups is 1. The lowest BCUT2D eigenvalue weighted by Crippen LogP contribution is -2.73. The Hall–Kier alpha value is -2.12. The number of methoxy groups -OCH3 is 1. The van der Waals surface area contributed by atoms with Gasteiger partial charge in [-0.15, -0.1) is 0 Å². The van der Waals surface area contributed by atoms with E-state index in [1.54, 1.807) is 7.11 Å². The summed E-state index contributed by atoms with van der Waals surface area (Å²) in [6.07, 6.45) is 1.95. The van der Waals surface area contributed by atoms with Crippen molar-refractivity contribution in [2.24, 2.45) is 0 Å². The van der Waals surface area contributed by atoms with Gasteiger partial charge in [0.25, 0.3) is 5.91 Å². The fourth-order valence-corrected chi connectivity index (χ4v) is 6.11. The fraction of sp³-hybridized carbons (Fsp3) is 0.636. The lowest BCUT2D eigenvalue weighted by molar-refractivity contribution is -0.169. The molecule has 29 heavy (non-hydrogen) atoms. The number of piperidine rings is 1. The summed E-state index contributed by atoms with van der Waals surface area (Å²) in [5.41, 5.74) is -0.591. The quantitative estimate of drug-likeness (QED) is 0.673. The second-order valence-corrected chi connectivity index (χ2v) is 8.91. The highest BCUT2D eigenvalue weighted by Gasteiger charge is 2.66. The van der Waals surface area contributed by atoms with Gasteiger partial charge in [0.1, 0.15) is 11.3 Å². The molecule has 1 spiro atoms. The number of carbonyl (C=O) groups is 2. The first-order valence-corrected chi connectivity index (χ1v) is 10.5. The van der Waals surface area contributed by atoms with E-state index in [0.717, 1.165) is 30.0 Å². The molecule has 4 rings (SSSR count). The average molecular weight is 402 g/mol. The van der Waals surface area contributed by atoms with Gasteiger partial charge in [-0.25, -0.2) is 4.79 Å². The molecule has 1 aromatic carbocycles. The van der Waals surface area contributed by atoms with E-state index in [2.05, 4.69) is 29.4 Å². The molecule has 0 bridgehead atoms. The van der Waals surface area contributed by atoms with Crippen molar-refractivity contribution in [1.29, 1.82) is 0 Å². The van der Waals surface area contributed by atoms with Crippen molar-refractivity contribution in [2.45, 2.75) is 69.1 Å². The van der Waals surface area contributed by atoms with E-state index in [1.165, 1.54) is 0 Å². The minimum absolute atomic E-state index is 0.0654. The Labute approximate surface area is 171 Å². The number of ether oxygens (including phenoxy) is 1. The lowest BCUT2D eigenvalue weighted by atomic mass is 9.49. The van der Waals surface area contributed by atoms with Crippen molar-refractivity contribution in [3.63, 3.8) is 0 Å². The molecule has 4 unspecified atom stereocenters. The monoisotopic (exact) mass is 401 g/mol. The number of rotatable bonds is 3. The highest BCUT2D eigenvalue weighted by atomic mass is 16.5. The molecule has 2 aliphatic heterocycles. The fourth-order valence-electron chi connectivity index (χ4n) is 6.11. The van der Waals surface area contributed by atoms with Gasteiger partial charge in [0, 0.05) is 11.5 Å². The molecule has 158 valence electrons. The van der Waals surface area contributed by atoms with Crippen LogP contribution in [-0.2, 0) is 10.2 Å². The maximum absolute atomic E-state index is 12.8. The summed E-state index contributed by atoms with van der Waals surface area (Å²) in [7, 11) is 1.63. The number of carbonyl (C=O) groups excluding carboxylic acids is 2. The summed E-state index contributed by atoms with van der Waals surface area (Å²) >= 11 is 0. The molecule has 1 saturated carbocycles. The molecule has 3 fully saturated rings. The van der Waals surface area contributed by atoms with Crippen LogP contribution >= 0.6 is 0 Å². The van der Waals surface area contributed by atoms with Crippen LogP contribution in [0, 0.1) is 6.92 Å². The third kappa shape index (κ3) is 2.70. The van der Waals surface area contributed by atoms with E-state index in [9.17, 15) is 14.7 Å². The first-order valence-electron chi connectivity index (χ1n) is 10.5. The number of aliphatic hydroxyl groups is 1. The number of fused-ring (bicyclic) bond motifs is 1. The summed E-state index contributed by atoms with van der Waals surface area (Å²) in [4.78, 5) is 27.1. The van der Waals surface area contributed by atoms with E-state index in [0.29, 0.717) is 25.7 Å². The third-order valence-corrected chi connectivity index (χ3v) is 7.81.